The zero-order valence-corrected chi connectivity index (χ0v) is 11.4. The number of benzene rings is 1. The second-order valence-electron chi connectivity index (χ2n) is 4.23. The standard InChI is InChI=1S/C13H20N4O2/c1-4-15-13(19)16-12(18)9(2)17(3)11-7-5-10(14)6-8-11/h5-9H,4,14H2,1-3H3,(H2,15,16,18,19). The lowest BCUT2D eigenvalue weighted by atomic mass is 10.2. The minimum atomic E-state index is -0.481. The van der Waals surface area contributed by atoms with Crippen LogP contribution in [0.5, 0.6) is 0 Å². The number of carbonyl (C=O) groups excluding carboxylic acids is 2. The van der Waals surface area contributed by atoms with Gasteiger partial charge in [0, 0.05) is 25.0 Å². The first kappa shape index (κ1) is 14.8. The first-order valence-electron chi connectivity index (χ1n) is 6.12. The summed E-state index contributed by atoms with van der Waals surface area (Å²) in [6, 6.07) is 6.23. The maximum absolute atomic E-state index is 11.9. The molecule has 104 valence electrons. The molecular weight excluding hydrogens is 244 g/mol. The Labute approximate surface area is 113 Å². The smallest absolute Gasteiger partial charge is 0.321 e. The Balaban J connectivity index is 2.65. The number of imide groups is 1. The van der Waals surface area contributed by atoms with E-state index < -0.39 is 12.1 Å². The number of likely N-dealkylation sites (N-methyl/N-ethyl adjacent to an activating group) is 1. The van der Waals surface area contributed by atoms with Crippen molar-refractivity contribution >= 4 is 23.3 Å². The summed E-state index contributed by atoms with van der Waals surface area (Å²) >= 11 is 0. The number of nitrogens with two attached hydrogens (primary N) is 1. The number of carbonyl (C=O) groups is 2. The van der Waals surface area contributed by atoms with Crippen molar-refractivity contribution in [3.8, 4) is 0 Å². The van der Waals surface area contributed by atoms with Gasteiger partial charge in [-0.25, -0.2) is 4.79 Å². The van der Waals surface area contributed by atoms with Crippen LogP contribution < -0.4 is 21.3 Å². The van der Waals surface area contributed by atoms with Crippen LogP contribution in [0.3, 0.4) is 0 Å². The molecule has 0 spiro atoms. The summed E-state index contributed by atoms with van der Waals surface area (Å²) in [6.45, 7) is 3.99. The summed E-state index contributed by atoms with van der Waals surface area (Å²) in [6.07, 6.45) is 0. The molecule has 3 amide bonds. The van der Waals surface area contributed by atoms with Gasteiger partial charge >= 0.3 is 6.03 Å². The fourth-order valence-electron chi connectivity index (χ4n) is 1.53. The minimum absolute atomic E-state index is 0.356. The molecule has 0 saturated heterocycles. The van der Waals surface area contributed by atoms with Crippen LogP contribution in [0, 0.1) is 0 Å². The number of rotatable bonds is 4. The molecule has 0 fully saturated rings. The summed E-state index contributed by atoms with van der Waals surface area (Å²) in [5.41, 5.74) is 7.13. The third kappa shape index (κ3) is 4.17. The van der Waals surface area contributed by atoms with Crippen molar-refractivity contribution in [1.29, 1.82) is 0 Å². The van der Waals surface area contributed by atoms with E-state index in [4.69, 9.17) is 5.73 Å². The molecule has 19 heavy (non-hydrogen) atoms. The van der Waals surface area contributed by atoms with Gasteiger partial charge in [-0.05, 0) is 38.1 Å². The predicted octanol–water partition coefficient (Wildman–Crippen LogP) is 0.939. The van der Waals surface area contributed by atoms with Crippen molar-refractivity contribution in [1.82, 2.24) is 10.6 Å². The van der Waals surface area contributed by atoms with E-state index in [0.717, 1.165) is 5.69 Å². The lowest BCUT2D eigenvalue weighted by Crippen LogP contribution is -2.48. The van der Waals surface area contributed by atoms with E-state index in [9.17, 15) is 9.59 Å². The van der Waals surface area contributed by atoms with Gasteiger partial charge in [0.15, 0.2) is 0 Å². The molecule has 0 aliphatic rings. The van der Waals surface area contributed by atoms with Crippen LogP contribution in [0.25, 0.3) is 0 Å². The van der Waals surface area contributed by atoms with Gasteiger partial charge in [0.2, 0.25) is 5.91 Å². The second-order valence-corrected chi connectivity index (χ2v) is 4.23. The number of hydrogen-bond acceptors (Lipinski definition) is 4. The minimum Gasteiger partial charge on any atom is -0.399 e. The van der Waals surface area contributed by atoms with Crippen LogP contribution in [-0.2, 0) is 4.79 Å². The third-order valence-electron chi connectivity index (χ3n) is 2.83. The van der Waals surface area contributed by atoms with Crippen molar-refractivity contribution in [3.63, 3.8) is 0 Å². The van der Waals surface area contributed by atoms with Gasteiger partial charge in [0.1, 0.15) is 6.04 Å². The van der Waals surface area contributed by atoms with Gasteiger partial charge in [0.05, 0.1) is 0 Å². The Morgan fingerprint density at radius 3 is 2.42 bits per heavy atom. The van der Waals surface area contributed by atoms with Crippen molar-refractivity contribution in [2.24, 2.45) is 0 Å². The first-order chi connectivity index (χ1) is 8.95. The summed E-state index contributed by atoms with van der Waals surface area (Å²) < 4.78 is 0. The van der Waals surface area contributed by atoms with Crippen LogP contribution in [0.15, 0.2) is 24.3 Å². The van der Waals surface area contributed by atoms with Crippen LogP contribution in [0.2, 0.25) is 0 Å². The van der Waals surface area contributed by atoms with Crippen molar-refractivity contribution in [3.05, 3.63) is 24.3 Å². The van der Waals surface area contributed by atoms with Gasteiger partial charge in [-0.1, -0.05) is 0 Å². The fourth-order valence-corrected chi connectivity index (χ4v) is 1.53. The Hall–Kier alpha value is -2.24. The molecule has 0 radical (unpaired) electrons. The lowest BCUT2D eigenvalue weighted by molar-refractivity contribution is -0.120. The second kappa shape index (κ2) is 6.63. The van der Waals surface area contributed by atoms with E-state index >= 15 is 0 Å². The van der Waals surface area contributed by atoms with Gasteiger partial charge in [0.25, 0.3) is 0 Å². The number of nitrogen functional groups attached to an aromatic ring is 1. The van der Waals surface area contributed by atoms with Crippen molar-refractivity contribution in [2.75, 3.05) is 24.2 Å². The summed E-state index contributed by atoms with van der Waals surface area (Å²) in [4.78, 5) is 24.9. The van der Waals surface area contributed by atoms with Crippen LogP contribution in [-0.4, -0.2) is 31.6 Å². The molecule has 0 bridgehead atoms. The van der Waals surface area contributed by atoms with Crippen molar-refractivity contribution < 1.29 is 9.59 Å². The number of hydrogen-bond donors (Lipinski definition) is 3. The number of anilines is 2. The monoisotopic (exact) mass is 264 g/mol. The molecule has 6 heteroatoms. The molecule has 0 aliphatic carbocycles. The summed E-state index contributed by atoms with van der Waals surface area (Å²) in [7, 11) is 1.79. The van der Waals surface area contributed by atoms with Gasteiger partial charge in [-0.15, -0.1) is 0 Å². The largest absolute Gasteiger partial charge is 0.399 e. The number of amides is 3. The Morgan fingerprint density at radius 2 is 1.89 bits per heavy atom. The molecule has 1 aromatic rings. The highest BCUT2D eigenvalue weighted by Gasteiger charge is 2.20. The Bertz CT molecular complexity index is 444. The summed E-state index contributed by atoms with van der Waals surface area (Å²) in [5.74, 6) is -0.356. The topological polar surface area (TPSA) is 87.5 Å². The predicted molar refractivity (Wildman–Crippen MR) is 75.9 cm³/mol. The molecule has 0 heterocycles. The third-order valence-corrected chi connectivity index (χ3v) is 2.83. The van der Waals surface area contributed by atoms with Gasteiger partial charge < -0.3 is 16.0 Å². The van der Waals surface area contributed by atoms with E-state index in [-0.39, 0.29) is 5.91 Å². The van der Waals surface area contributed by atoms with Gasteiger partial charge in [-0.3, -0.25) is 10.1 Å². The highest BCUT2D eigenvalue weighted by molar-refractivity contribution is 5.98. The highest BCUT2D eigenvalue weighted by atomic mass is 16.2. The molecule has 6 nitrogen and oxygen atoms in total. The lowest BCUT2D eigenvalue weighted by Gasteiger charge is -2.25. The first-order valence-corrected chi connectivity index (χ1v) is 6.12. The van der Waals surface area contributed by atoms with E-state index in [1.54, 1.807) is 37.9 Å². The molecule has 1 aromatic carbocycles. The average molecular weight is 264 g/mol. The maximum Gasteiger partial charge on any atom is 0.321 e. The van der Waals surface area contributed by atoms with Crippen LogP contribution in [0.1, 0.15) is 13.8 Å². The molecule has 4 N–H and O–H groups in total. The Kier molecular flexibility index (Phi) is 5.17. The zero-order valence-electron chi connectivity index (χ0n) is 11.4. The molecule has 0 aliphatic heterocycles. The van der Waals surface area contributed by atoms with Crippen molar-refractivity contribution in [2.45, 2.75) is 19.9 Å². The molecule has 0 aromatic heterocycles. The molecular formula is C13H20N4O2. The van der Waals surface area contributed by atoms with E-state index in [1.807, 2.05) is 12.1 Å². The van der Waals surface area contributed by atoms with Crippen LogP contribution >= 0.6 is 0 Å². The average Bonchev–Trinajstić information content (AvgIpc) is 2.38. The highest BCUT2D eigenvalue weighted by Crippen LogP contribution is 2.16. The zero-order chi connectivity index (χ0) is 14.4. The summed E-state index contributed by atoms with van der Waals surface area (Å²) in [5, 5.41) is 4.80. The van der Waals surface area contributed by atoms with E-state index in [0.29, 0.717) is 12.2 Å². The number of nitrogens with one attached hydrogen (secondary N) is 2. The molecule has 0 saturated carbocycles. The van der Waals surface area contributed by atoms with E-state index in [2.05, 4.69) is 10.6 Å². The van der Waals surface area contributed by atoms with Gasteiger partial charge in [-0.2, -0.15) is 0 Å². The Morgan fingerprint density at radius 1 is 1.32 bits per heavy atom. The number of urea groups is 1. The fraction of sp³-hybridized carbons (Fsp3) is 0.385. The maximum atomic E-state index is 11.9. The SMILES string of the molecule is CCNC(=O)NC(=O)C(C)N(C)c1ccc(N)cc1. The normalized spacial score (nSPS) is 11.5. The molecule has 1 atom stereocenters. The number of nitrogens with zero attached hydrogens (tertiary/aromatic N) is 1. The molecule has 1 unspecified atom stereocenters. The molecule has 1 rings (SSSR count). The van der Waals surface area contributed by atoms with E-state index in [1.165, 1.54) is 0 Å². The van der Waals surface area contributed by atoms with Crippen LogP contribution in [0.4, 0.5) is 16.2 Å². The quantitative estimate of drug-likeness (QED) is 0.706.